The molecule has 5 rings (SSSR count). The second-order valence-corrected chi connectivity index (χ2v) is 10.7. The van der Waals surface area contributed by atoms with Gasteiger partial charge in [-0.2, -0.15) is 0 Å². The van der Waals surface area contributed by atoms with Gasteiger partial charge in [0.1, 0.15) is 9.21 Å². The number of anilines is 2. The minimum absolute atomic E-state index is 0.134. The second kappa shape index (κ2) is 13.5. The zero-order valence-electron chi connectivity index (χ0n) is 20.4. The molecule has 11 nitrogen and oxygen atoms in total. The molecule has 0 radical (unpaired) electrons. The fourth-order valence-corrected chi connectivity index (χ4v) is 5.10. The van der Waals surface area contributed by atoms with Gasteiger partial charge in [-0.25, -0.2) is 24.7 Å². The minimum atomic E-state index is -0.134. The first-order chi connectivity index (χ1) is 17.5. The summed E-state index contributed by atoms with van der Waals surface area (Å²) in [6.45, 7) is 8.12. The van der Waals surface area contributed by atoms with Crippen molar-refractivity contribution < 1.29 is 0 Å². The number of halogens is 2. The summed E-state index contributed by atoms with van der Waals surface area (Å²) in [5.41, 5.74) is 6.77. The van der Waals surface area contributed by atoms with Gasteiger partial charge in [0.15, 0.2) is 22.9 Å². The summed E-state index contributed by atoms with van der Waals surface area (Å²) in [5.74, 6) is 1.11. The van der Waals surface area contributed by atoms with Gasteiger partial charge in [-0.05, 0) is 83.7 Å². The highest BCUT2D eigenvalue weighted by molar-refractivity contribution is 9.10. The van der Waals surface area contributed by atoms with Crippen LogP contribution in [0, 0.1) is 0 Å². The van der Waals surface area contributed by atoms with Crippen LogP contribution in [0.25, 0.3) is 11.3 Å². The van der Waals surface area contributed by atoms with Gasteiger partial charge in [-0.1, -0.05) is 12.8 Å². The molecule has 2 aliphatic rings. The van der Waals surface area contributed by atoms with Crippen LogP contribution in [0.1, 0.15) is 38.5 Å². The summed E-state index contributed by atoms with van der Waals surface area (Å²) < 4.78 is 3.01. The van der Waals surface area contributed by atoms with Crippen LogP contribution in [-0.2, 0) is 6.54 Å². The number of likely N-dealkylation sites (tertiary alicyclic amines) is 2. The molecule has 0 saturated carbocycles. The third-order valence-electron chi connectivity index (χ3n) is 6.48. The zero-order chi connectivity index (χ0) is 25.3. The van der Waals surface area contributed by atoms with Gasteiger partial charge in [0.2, 0.25) is 0 Å². The van der Waals surface area contributed by atoms with Crippen LogP contribution < -0.4 is 16.7 Å². The molecule has 0 spiro atoms. The van der Waals surface area contributed by atoms with Crippen molar-refractivity contribution in [2.24, 2.45) is 0 Å². The van der Waals surface area contributed by atoms with E-state index in [-0.39, 0.29) is 5.69 Å². The summed E-state index contributed by atoms with van der Waals surface area (Å²) in [6.07, 6.45) is 11.0. The van der Waals surface area contributed by atoms with E-state index in [0.717, 1.165) is 32.7 Å². The van der Waals surface area contributed by atoms with Crippen molar-refractivity contribution in [2.45, 2.75) is 45.1 Å². The maximum Gasteiger partial charge on any atom is 0.328 e. The topological polar surface area (TPSA) is 134 Å². The molecule has 2 fully saturated rings. The Labute approximate surface area is 227 Å². The number of imidazole rings is 1. The lowest BCUT2D eigenvalue weighted by Gasteiger charge is -2.26. The predicted molar refractivity (Wildman–Crippen MR) is 149 cm³/mol. The van der Waals surface area contributed by atoms with Crippen LogP contribution in [0.15, 0.2) is 26.4 Å². The lowest BCUT2D eigenvalue weighted by Crippen LogP contribution is -2.34. The molecule has 0 amide bonds. The van der Waals surface area contributed by atoms with Crippen molar-refractivity contribution in [1.82, 2.24) is 39.3 Å². The van der Waals surface area contributed by atoms with E-state index in [4.69, 9.17) is 5.73 Å². The SMILES string of the molecule is Nc1ncc(Br)nc1NCCN1CCCCC1.O=c1[nH]c2ncc(Br)nc2n1CCN1CCCCC1. The van der Waals surface area contributed by atoms with Crippen LogP contribution in [0.5, 0.6) is 0 Å². The molecule has 2 aliphatic heterocycles. The van der Waals surface area contributed by atoms with Gasteiger partial charge in [0, 0.05) is 26.2 Å². The molecule has 196 valence electrons. The Morgan fingerprint density at radius 1 is 0.861 bits per heavy atom. The van der Waals surface area contributed by atoms with Gasteiger partial charge in [-0.15, -0.1) is 0 Å². The lowest BCUT2D eigenvalue weighted by molar-refractivity contribution is 0.221. The molecule has 5 heterocycles. The average molecular weight is 626 g/mol. The minimum Gasteiger partial charge on any atom is -0.381 e. The quantitative estimate of drug-likeness (QED) is 0.362. The Morgan fingerprint density at radius 2 is 1.47 bits per heavy atom. The van der Waals surface area contributed by atoms with E-state index in [1.165, 1.54) is 51.6 Å². The Morgan fingerprint density at radius 3 is 2.17 bits per heavy atom. The average Bonchev–Trinajstić information content (AvgIpc) is 3.20. The monoisotopic (exact) mass is 624 g/mol. The number of piperidine rings is 2. The van der Waals surface area contributed by atoms with E-state index in [1.54, 1.807) is 17.0 Å². The molecule has 0 bridgehead atoms. The van der Waals surface area contributed by atoms with Gasteiger partial charge < -0.3 is 20.9 Å². The Bertz CT molecular complexity index is 1170. The fraction of sp³-hybridized carbons (Fsp3) is 0.609. The second-order valence-electron chi connectivity index (χ2n) is 9.10. The first-order valence-electron chi connectivity index (χ1n) is 12.6. The smallest absolute Gasteiger partial charge is 0.328 e. The van der Waals surface area contributed by atoms with Gasteiger partial charge in [0.05, 0.1) is 12.4 Å². The number of aromatic amines is 1. The summed E-state index contributed by atoms with van der Waals surface area (Å²) in [5, 5.41) is 3.23. The van der Waals surface area contributed by atoms with Crippen molar-refractivity contribution in [3.63, 3.8) is 0 Å². The highest BCUT2D eigenvalue weighted by Crippen LogP contribution is 2.16. The number of hydrogen-bond donors (Lipinski definition) is 3. The van der Waals surface area contributed by atoms with E-state index in [1.807, 2.05) is 0 Å². The molecular formula is C23H34Br2N10O. The van der Waals surface area contributed by atoms with Gasteiger partial charge in [0.25, 0.3) is 0 Å². The number of aromatic nitrogens is 6. The van der Waals surface area contributed by atoms with E-state index in [2.05, 4.69) is 71.9 Å². The highest BCUT2D eigenvalue weighted by Gasteiger charge is 2.14. The third-order valence-corrected chi connectivity index (χ3v) is 7.24. The van der Waals surface area contributed by atoms with Crippen molar-refractivity contribution >= 4 is 54.8 Å². The summed E-state index contributed by atoms with van der Waals surface area (Å²) >= 11 is 6.58. The number of nitrogens with two attached hydrogens (primary N) is 1. The number of nitrogens with one attached hydrogen (secondary N) is 2. The zero-order valence-corrected chi connectivity index (χ0v) is 23.6. The van der Waals surface area contributed by atoms with Crippen LogP contribution in [0.3, 0.4) is 0 Å². The fourth-order valence-electron chi connectivity index (χ4n) is 4.55. The van der Waals surface area contributed by atoms with Crippen LogP contribution in [0.4, 0.5) is 11.6 Å². The first-order valence-corrected chi connectivity index (χ1v) is 14.2. The lowest BCUT2D eigenvalue weighted by atomic mass is 10.1. The number of fused-ring (bicyclic) bond motifs is 1. The summed E-state index contributed by atoms with van der Waals surface area (Å²) in [4.78, 5) is 36.3. The molecular weight excluding hydrogens is 592 g/mol. The Balaban J connectivity index is 0.000000170. The van der Waals surface area contributed by atoms with Crippen molar-refractivity contribution in [3.8, 4) is 0 Å². The van der Waals surface area contributed by atoms with Crippen molar-refractivity contribution in [3.05, 3.63) is 32.1 Å². The summed E-state index contributed by atoms with van der Waals surface area (Å²) in [7, 11) is 0. The molecule has 0 aliphatic carbocycles. The van der Waals surface area contributed by atoms with Gasteiger partial charge in [-0.3, -0.25) is 9.55 Å². The maximum absolute atomic E-state index is 11.9. The van der Waals surface area contributed by atoms with E-state index in [9.17, 15) is 4.79 Å². The molecule has 13 heteroatoms. The first kappa shape index (κ1) is 27.0. The number of hydrogen-bond acceptors (Lipinski definition) is 9. The van der Waals surface area contributed by atoms with Crippen LogP contribution in [-0.4, -0.2) is 85.1 Å². The highest BCUT2D eigenvalue weighted by atomic mass is 79.9. The number of rotatable bonds is 7. The summed E-state index contributed by atoms with van der Waals surface area (Å²) in [6, 6.07) is 0. The largest absolute Gasteiger partial charge is 0.381 e. The molecule has 36 heavy (non-hydrogen) atoms. The molecule has 2 saturated heterocycles. The molecule has 0 atom stereocenters. The Hall–Kier alpha value is -2.09. The normalized spacial score (nSPS) is 17.1. The number of nitrogens with zero attached hydrogens (tertiary/aromatic N) is 7. The van der Waals surface area contributed by atoms with Crippen molar-refractivity contribution in [2.75, 3.05) is 56.9 Å². The van der Waals surface area contributed by atoms with Crippen LogP contribution >= 0.6 is 31.9 Å². The molecule has 3 aromatic heterocycles. The predicted octanol–water partition coefficient (Wildman–Crippen LogP) is 3.09. The van der Waals surface area contributed by atoms with Crippen LogP contribution in [0.2, 0.25) is 0 Å². The van der Waals surface area contributed by atoms with E-state index < -0.39 is 0 Å². The van der Waals surface area contributed by atoms with E-state index >= 15 is 0 Å². The molecule has 0 unspecified atom stereocenters. The van der Waals surface area contributed by atoms with Crippen molar-refractivity contribution in [1.29, 1.82) is 0 Å². The maximum atomic E-state index is 11.9. The molecule has 0 aromatic carbocycles. The number of nitrogen functional groups attached to an aromatic ring is 1. The number of H-pyrrole nitrogens is 1. The Kier molecular flexibility index (Phi) is 10.1. The molecule has 4 N–H and O–H groups in total. The third kappa shape index (κ3) is 7.70. The molecule has 3 aromatic rings. The van der Waals surface area contributed by atoms with Gasteiger partial charge >= 0.3 is 5.69 Å². The van der Waals surface area contributed by atoms with E-state index in [0.29, 0.717) is 38.7 Å². The standard InChI is InChI=1S/C12H16BrN5O.C11H18BrN5/c13-9-8-14-10-11(15-9)18(12(19)16-10)7-6-17-4-2-1-3-5-17;12-9-8-15-10(13)11(16-9)14-4-7-17-5-2-1-3-6-17/h8H,1-7H2,(H,14,16,19);8H,1-7H2,(H2,13,15)(H,14,16).